The van der Waals surface area contributed by atoms with E-state index in [-0.39, 0.29) is 5.91 Å². The topological polar surface area (TPSA) is 91.2 Å². The van der Waals surface area contributed by atoms with E-state index in [1.165, 1.54) is 18.1 Å². The van der Waals surface area contributed by atoms with Gasteiger partial charge in [-0.1, -0.05) is 0 Å². The minimum absolute atomic E-state index is 0.239. The van der Waals surface area contributed by atoms with Crippen LogP contribution in [0.25, 0.3) is 5.69 Å². The molecule has 0 unspecified atom stereocenters. The van der Waals surface area contributed by atoms with Crippen molar-refractivity contribution in [2.45, 2.75) is 6.92 Å². The summed E-state index contributed by atoms with van der Waals surface area (Å²) in [6, 6.07) is 12.2. The maximum Gasteiger partial charge on any atom is 0.255 e. The second kappa shape index (κ2) is 7.43. The molecule has 0 radical (unpaired) electrons. The van der Waals surface area contributed by atoms with Gasteiger partial charge in [-0.25, -0.2) is 4.68 Å². The van der Waals surface area contributed by atoms with Crippen LogP contribution >= 0.6 is 0 Å². The number of hydrogen-bond donors (Lipinski definition) is 1. The van der Waals surface area contributed by atoms with Crippen molar-refractivity contribution in [3.8, 4) is 17.2 Å². The summed E-state index contributed by atoms with van der Waals surface area (Å²) in [6.45, 7) is 2.41. The molecule has 1 aromatic heterocycles. The fourth-order valence-corrected chi connectivity index (χ4v) is 2.26. The van der Waals surface area contributed by atoms with Crippen LogP contribution in [0.1, 0.15) is 17.3 Å². The minimum atomic E-state index is -0.239. The maximum absolute atomic E-state index is 12.4. The minimum Gasteiger partial charge on any atom is -0.493 e. The number of nitrogens with one attached hydrogen (secondary N) is 1. The van der Waals surface area contributed by atoms with Gasteiger partial charge in [-0.3, -0.25) is 4.79 Å². The van der Waals surface area contributed by atoms with Crippen LogP contribution in [0.5, 0.6) is 11.5 Å². The van der Waals surface area contributed by atoms with Crippen molar-refractivity contribution in [3.63, 3.8) is 0 Å². The van der Waals surface area contributed by atoms with Crippen LogP contribution in [0.15, 0.2) is 48.8 Å². The van der Waals surface area contributed by atoms with Crippen molar-refractivity contribution < 1.29 is 14.3 Å². The highest BCUT2D eigenvalue weighted by Crippen LogP contribution is 2.28. The Bertz CT molecular complexity index is 847. The summed E-state index contributed by atoms with van der Waals surface area (Å²) in [6.07, 6.45) is 1.50. The number of benzene rings is 2. The van der Waals surface area contributed by atoms with Gasteiger partial charge in [0.25, 0.3) is 5.91 Å². The zero-order valence-corrected chi connectivity index (χ0v) is 13.8. The molecule has 2 aromatic carbocycles. The number of methoxy groups -OCH3 is 1. The van der Waals surface area contributed by atoms with E-state index >= 15 is 0 Å². The number of rotatable bonds is 6. The van der Waals surface area contributed by atoms with E-state index in [1.54, 1.807) is 30.3 Å². The highest BCUT2D eigenvalue weighted by Gasteiger charge is 2.11. The molecule has 0 saturated heterocycles. The summed E-state index contributed by atoms with van der Waals surface area (Å²) in [4.78, 5) is 12.4. The highest BCUT2D eigenvalue weighted by molar-refractivity contribution is 6.04. The predicted molar refractivity (Wildman–Crippen MR) is 91.3 cm³/mol. The molecular formula is C17H17N5O3. The first-order valence-electron chi connectivity index (χ1n) is 7.67. The van der Waals surface area contributed by atoms with E-state index in [0.29, 0.717) is 29.4 Å². The lowest BCUT2D eigenvalue weighted by atomic mass is 10.1. The van der Waals surface area contributed by atoms with E-state index in [2.05, 4.69) is 20.8 Å². The number of carbonyl (C=O) groups excluding carboxylic acids is 1. The smallest absolute Gasteiger partial charge is 0.255 e. The molecule has 0 aliphatic heterocycles. The van der Waals surface area contributed by atoms with E-state index < -0.39 is 0 Å². The normalized spacial score (nSPS) is 10.3. The van der Waals surface area contributed by atoms with Crippen LogP contribution in [-0.2, 0) is 0 Å². The van der Waals surface area contributed by atoms with E-state index in [1.807, 2.05) is 19.1 Å². The Morgan fingerprint density at radius 2 is 1.96 bits per heavy atom. The predicted octanol–water partition coefficient (Wildman–Crippen LogP) is 2.32. The number of aromatic nitrogens is 4. The summed E-state index contributed by atoms with van der Waals surface area (Å²) in [5.74, 6) is 0.882. The van der Waals surface area contributed by atoms with E-state index in [0.717, 1.165) is 5.69 Å². The van der Waals surface area contributed by atoms with E-state index in [4.69, 9.17) is 9.47 Å². The fraction of sp³-hybridized carbons (Fsp3) is 0.176. The van der Waals surface area contributed by atoms with Crippen LogP contribution in [0, 0.1) is 0 Å². The third kappa shape index (κ3) is 3.74. The van der Waals surface area contributed by atoms with Crippen molar-refractivity contribution >= 4 is 11.6 Å². The molecule has 0 saturated carbocycles. The Morgan fingerprint density at radius 3 is 2.60 bits per heavy atom. The average molecular weight is 339 g/mol. The maximum atomic E-state index is 12.4. The number of hydrogen-bond acceptors (Lipinski definition) is 6. The Labute approximate surface area is 144 Å². The molecule has 128 valence electrons. The van der Waals surface area contributed by atoms with Crippen LogP contribution in [0.4, 0.5) is 5.69 Å². The second-order valence-electron chi connectivity index (χ2n) is 5.05. The molecule has 0 spiro atoms. The van der Waals surface area contributed by atoms with E-state index in [9.17, 15) is 4.79 Å². The number of carbonyl (C=O) groups is 1. The molecule has 0 aliphatic rings. The summed E-state index contributed by atoms with van der Waals surface area (Å²) in [7, 11) is 1.54. The number of ether oxygens (including phenoxy) is 2. The van der Waals surface area contributed by atoms with Gasteiger partial charge in [-0.15, -0.1) is 5.10 Å². The van der Waals surface area contributed by atoms with Gasteiger partial charge in [0.05, 0.1) is 19.4 Å². The summed E-state index contributed by atoms with van der Waals surface area (Å²) < 4.78 is 12.3. The Balaban J connectivity index is 1.73. The molecule has 1 N–H and O–H groups in total. The van der Waals surface area contributed by atoms with Crippen LogP contribution in [0.3, 0.4) is 0 Å². The van der Waals surface area contributed by atoms with Gasteiger partial charge in [-0.2, -0.15) is 0 Å². The van der Waals surface area contributed by atoms with Crippen molar-refractivity contribution in [2.75, 3.05) is 19.0 Å². The molecule has 25 heavy (non-hydrogen) atoms. The lowest BCUT2D eigenvalue weighted by molar-refractivity contribution is 0.102. The lowest BCUT2D eigenvalue weighted by Crippen LogP contribution is -2.12. The van der Waals surface area contributed by atoms with Crippen molar-refractivity contribution in [3.05, 3.63) is 54.4 Å². The number of nitrogens with zero attached hydrogens (tertiary/aromatic N) is 4. The standard InChI is InChI=1S/C17H17N5O3/c1-3-25-15-9-4-12(10-16(15)24-2)17(23)19-13-5-7-14(8-6-13)22-11-18-20-21-22/h4-11H,3H2,1-2H3,(H,19,23). The summed E-state index contributed by atoms with van der Waals surface area (Å²) in [5.41, 5.74) is 1.94. The fourth-order valence-electron chi connectivity index (χ4n) is 2.26. The molecular weight excluding hydrogens is 322 g/mol. The van der Waals surface area contributed by atoms with Crippen LogP contribution < -0.4 is 14.8 Å². The monoisotopic (exact) mass is 339 g/mol. The summed E-state index contributed by atoms with van der Waals surface area (Å²) >= 11 is 0. The van der Waals surface area contributed by atoms with Gasteiger partial charge >= 0.3 is 0 Å². The molecule has 0 bridgehead atoms. The van der Waals surface area contributed by atoms with Crippen molar-refractivity contribution in [1.82, 2.24) is 20.2 Å². The van der Waals surface area contributed by atoms with Crippen molar-refractivity contribution in [1.29, 1.82) is 0 Å². The first-order chi connectivity index (χ1) is 12.2. The van der Waals surface area contributed by atoms with Gasteiger partial charge in [-0.05, 0) is 59.8 Å². The SMILES string of the molecule is CCOc1ccc(C(=O)Nc2ccc(-n3cnnn3)cc2)cc1OC. The van der Waals surface area contributed by atoms with Gasteiger partial charge in [0, 0.05) is 11.3 Å². The molecule has 0 atom stereocenters. The van der Waals surface area contributed by atoms with Gasteiger partial charge in [0.15, 0.2) is 11.5 Å². The largest absolute Gasteiger partial charge is 0.493 e. The molecule has 3 rings (SSSR count). The molecule has 3 aromatic rings. The van der Waals surface area contributed by atoms with Crippen LogP contribution in [-0.4, -0.2) is 39.8 Å². The Hall–Kier alpha value is -3.42. The summed E-state index contributed by atoms with van der Waals surface area (Å²) in [5, 5.41) is 13.8. The van der Waals surface area contributed by atoms with Crippen LogP contribution in [0.2, 0.25) is 0 Å². The van der Waals surface area contributed by atoms with Crippen molar-refractivity contribution in [2.24, 2.45) is 0 Å². The quantitative estimate of drug-likeness (QED) is 0.741. The molecule has 0 fully saturated rings. The first kappa shape index (κ1) is 16.4. The highest BCUT2D eigenvalue weighted by atomic mass is 16.5. The van der Waals surface area contributed by atoms with Gasteiger partial charge in [0.2, 0.25) is 0 Å². The molecule has 1 heterocycles. The number of amides is 1. The Morgan fingerprint density at radius 1 is 1.16 bits per heavy atom. The lowest BCUT2D eigenvalue weighted by Gasteiger charge is -2.11. The molecule has 8 nitrogen and oxygen atoms in total. The van der Waals surface area contributed by atoms with Gasteiger partial charge in [0.1, 0.15) is 6.33 Å². The Kier molecular flexibility index (Phi) is 4.89. The third-order valence-electron chi connectivity index (χ3n) is 3.46. The number of tetrazole rings is 1. The average Bonchev–Trinajstić information content (AvgIpc) is 3.17. The molecule has 1 amide bonds. The zero-order chi connectivity index (χ0) is 17.6. The third-order valence-corrected chi connectivity index (χ3v) is 3.46. The first-order valence-corrected chi connectivity index (χ1v) is 7.67. The molecule has 0 aliphatic carbocycles. The second-order valence-corrected chi connectivity index (χ2v) is 5.05. The zero-order valence-electron chi connectivity index (χ0n) is 13.8. The number of anilines is 1. The van der Waals surface area contributed by atoms with Gasteiger partial charge < -0.3 is 14.8 Å². The molecule has 8 heteroatoms.